The van der Waals surface area contributed by atoms with Gasteiger partial charge >= 0.3 is 5.97 Å². The van der Waals surface area contributed by atoms with Crippen molar-refractivity contribution in [2.24, 2.45) is 17.8 Å². The predicted molar refractivity (Wildman–Crippen MR) is 66.9 cm³/mol. The number of carbonyl (C=O) groups is 2. The lowest BCUT2D eigenvalue weighted by atomic mass is 9.95. The highest BCUT2D eigenvalue weighted by Gasteiger charge is 2.48. The summed E-state index contributed by atoms with van der Waals surface area (Å²) in [5.41, 5.74) is -0.923. The van der Waals surface area contributed by atoms with Crippen molar-refractivity contribution in [2.75, 3.05) is 6.54 Å². The smallest absolute Gasteiger partial charge is 0.307 e. The van der Waals surface area contributed by atoms with Crippen molar-refractivity contribution in [2.45, 2.75) is 45.6 Å². The molecule has 1 fully saturated rings. The standard InChI is InChI=1S/C13H23NO4/c1-8(2)4-5-13(3,18)7-14-11(15)9-6-10(9)12(16)17/h8-10,18H,4-7H2,1-3H3,(H,14,15)(H,16,17)/t9-,10-,13+/m1/s1. The number of hydrogen-bond donors (Lipinski definition) is 3. The average Bonchev–Trinajstić information content (AvgIpc) is 3.03. The summed E-state index contributed by atoms with van der Waals surface area (Å²) in [5, 5.41) is 21.4. The molecule has 5 heteroatoms. The van der Waals surface area contributed by atoms with Crippen LogP contribution in [0.3, 0.4) is 0 Å². The van der Waals surface area contributed by atoms with E-state index in [1.807, 2.05) is 0 Å². The molecule has 3 N–H and O–H groups in total. The van der Waals surface area contributed by atoms with Gasteiger partial charge < -0.3 is 15.5 Å². The van der Waals surface area contributed by atoms with Gasteiger partial charge in [0.1, 0.15) is 0 Å². The first-order chi connectivity index (χ1) is 8.23. The molecule has 1 saturated carbocycles. The molecular formula is C13H23NO4. The topological polar surface area (TPSA) is 86.6 Å². The van der Waals surface area contributed by atoms with E-state index >= 15 is 0 Å². The number of amides is 1. The lowest BCUT2D eigenvalue weighted by Crippen LogP contribution is -2.41. The Labute approximate surface area is 108 Å². The second-order valence-corrected chi connectivity index (χ2v) is 5.93. The average molecular weight is 257 g/mol. The van der Waals surface area contributed by atoms with E-state index < -0.39 is 23.4 Å². The number of hydrogen-bond acceptors (Lipinski definition) is 3. The molecule has 1 rings (SSSR count). The Morgan fingerprint density at radius 1 is 1.39 bits per heavy atom. The van der Waals surface area contributed by atoms with E-state index in [2.05, 4.69) is 19.2 Å². The zero-order chi connectivity index (χ0) is 13.9. The van der Waals surface area contributed by atoms with Gasteiger partial charge in [-0.25, -0.2) is 0 Å². The zero-order valence-electron chi connectivity index (χ0n) is 11.3. The highest BCUT2D eigenvalue weighted by molar-refractivity contribution is 5.89. The quantitative estimate of drug-likeness (QED) is 0.635. The van der Waals surface area contributed by atoms with Crippen LogP contribution in [0.15, 0.2) is 0 Å². The lowest BCUT2D eigenvalue weighted by Gasteiger charge is -2.24. The van der Waals surface area contributed by atoms with Crippen LogP contribution in [0.25, 0.3) is 0 Å². The third-order valence-electron chi connectivity index (χ3n) is 3.35. The second kappa shape index (κ2) is 5.69. The van der Waals surface area contributed by atoms with E-state index in [9.17, 15) is 14.7 Å². The van der Waals surface area contributed by atoms with Crippen LogP contribution in [-0.4, -0.2) is 34.2 Å². The van der Waals surface area contributed by atoms with Crippen molar-refractivity contribution in [3.8, 4) is 0 Å². The van der Waals surface area contributed by atoms with Crippen molar-refractivity contribution >= 4 is 11.9 Å². The highest BCUT2D eigenvalue weighted by Crippen LogP contribution is 2.38. The Morgan fingerprint density at radius 2 is 2.00 bits per heavy atom. The van der Waals surface area contributed by atoms with Crippen molar-refractivity contribution < 1.29 is 19.8 Å². The molecule has 0 aromatic carbocycles. The molecule has 0 heterocycles. The van der Waals surface area contributed by atoms with Crippen molar-refractivity contribution in [3.05, 3.63) is 0 Å². The van der Waals surface area contributed by atoms with Gasteiger partial charge in [0.05, 0.1) is 17.4 Å². The number of carboxylic acid groups (broad SMARTS) is 1. The number of aliphatic carboxylic acids is 1. The number of aliphatic hydroxyl groups is 1. The molecular weight excluding hydrogens is 234 g/mol. The summed E-state index contributed by atoms with van der Waals surface area (Å²) in [5.74, 6) is -1.62. The lowest BCUT2D eigenvalue weighted by molar-refractivity contribution is -0.140. The minimum absolute atomic E-state index is 0.182. The van der Waals surface area contributed by atoms with Gasteiger partial charge in [-0.3, -0.25) is 9.59 Å². The highest BCUT2D eigenvalue weighted by atomic mass is 16.4. The molecule has 0 aromatic rings. The molecule has 0 bridgehead atoms. The predicted octanol–water partition coefficient (Wildman–Crippen LogP) is 1.01. The Balaban J connectivity index is 2.28. The third-order valence-corrected chi connectivity index (χ3v) is 3.35. The van der Waals surface area contributed by atoms with Crippen molar-refractivity contribution in [3.63, 3.8) is 0 Å². The van der Waals surface area contributed by atoms with Crippen LogP contribution in [-0.2, 0) is 9.59 Å². The Morgan fingerprint density at radius 3 is 2.44 bits per heavy atom. The molecule has 1 aliphatic carbocycles. The summed E-state index contributed by atoms with van der Waals surface area (Å²) in [6, 6.07) is 0. The molecule has 1 amide bonds. The van der Waals surface area contributed by atoms with Gasteiger partial charge in [0.25, 0.3) is 0 Å². The van der Waals surface area contributed by atoms with Crippen LogP contribution in [0, 0.1) is 17.8 Å². The molecule has 104 valence electrons. The van der Waals surface area contributed by atoms with Crippen LogP contribution in [0.1, 0.15) is 40.0 Å². The molecule has 0 spiro atoms. The van der Waals surface area contributed by atoms with Gasteiger partial charge in [-0.15, -0.1) is 0 Å². The fraction of sp³-hybridized carbons (Fsp3) is 0.846. The molecule has 0 aliphatic heterocycles. The largest absolute Gasteiger partial charge is 0.481 e. The molecule has 5 nitrogen and oxygen atoms in total. The summed E-state index contributed by atoms with van der Waals surface area (Å²) in [7, 11) is 0. The molecule has 0 radical (unpaired) electrons. The monoisotopic (exact) mass is 257 g/mol. The van der Waals surface area contributed by atoms with Crippen molar-refractivity contribution in [1.29, 1.82) is 0 Å². The molecule has 0 aromatic heterocycles. The Hall–Kier alpha value is -1.10. The minimum Gasteiger partial charge on any atom is -0.481 e. The second-order valence-electron chi connectivity index (χ2n) is 5.93. The van der Waals surface area contributed by atoms with Gasteiger partial charge in [-0.05, 0) is 32.1 Å². The normalized spacial score (nSPS) is 25.6. The first-order valence-corrected chi connectivity index (χ1v) is 6.46. The number of rotatable bonds is 7. The first-order valence-electron chi connectivity index (χ1n) is 6.46. The van der Waals surface area contributed by atoms with Gasteiger partial charge in [-0.2, -0.15) is 0 Å². The van der Waals surface area contributed by atoms with E-state index in [1.54, 1.807) is 6.92 Å². The van der Waals surface area contributed by atoms with Crippen LogP contribution >= 0.6 is 0 Å². The number of carbonyl (C=O) groups excluding carboxylic acids is 1. The summed E-state index contributed by atoms with van der Waals surface area (Å²) in [6.07, 6.45) is 1.93. The Kier molecular flexibility index (Phi) is 4.73. The fourth-order valence-electron chi connectivity index (χ4n) is 1.85. The van der Waals surface area contributed by atoms with Gasteiger partial charge in [0, 0.05) is 6.54 Å². The maximum atomic E-state index is 11.6. The maximum absolute atomic E-state index is 11.6. The minimum atomic E-state index is -0.923. The summed E-state index contributed by atoms with van der Waals surface area (Å²) >= 11 is 0. The van der Waals surface area contributed by atoms with Gasteiger partial charge in [0.2, 0.25) is 5.91 Å². The van der Waals surface area contributed by atoms with E-state index in [0.717, 1.165) is 6.42 Å². The number of carboxylic acids is 1. The van der Waals surface area contributed by atoms with Crippen LogP contribution in [0.4, 0.5) is 0 Å². The Bertz CT molecular complexity index is 325. The first kappa shape index (κ1) is 15.0. The summed E-state index contributed by atoms with van der Waals surface area (Å²) < 4.78 is 0. The van der Waals surface area contributed by atoms with Gasteiger partial charge in [-0.1, -0.05) is 13.8 Å². The van der Waals surface area contributed by atoms with E-state index in [4.69, 9.17) is 5.11 Å². The summed E-state index contributed by atoms with van der Waals surface area (Å²) in [4.78, 5) is 22.2. The number of nitrogens with one attached hydrogen (secondary N) is 1. The molecule has 0 unspecified atom stereocenters. The molecule has 18 heavy (non-hydrogen) atoms. The van der Waals surface area contributed by atoms with E-state index in [-0.39, 0.29) is 12.5 Å². The van der Waals surface area contributed by atoms with Crippen LogP contribution in [0.2, 0.25) is 0 Å². The molecule has 1 aliphatic rings. The SMILES string of the molecule is CC(C)CC[C@](C)(O)CNC(=O)[C@@H]1C[C@H]1C(=O)O. The van der Waals surface area contributed by atoms with E-state index in [1.165, 1.54) is 0 Å². The summed E-state index contributed by atoms with van der Waals surface area (Å²) in [6.45, 7) is 6.03. The fourth-order valence-corrected chi connectivity index (χ4v) is 1.85. The van der Waals surface area contributed by atoms with Crippen molar-refractivity contribution in [1.82, 2.24) is 5.32 Å². The van der Waals surface area contributed by atoms with E-state index in [0.29, 0.717) is 18.8 Å². The van der Waals surface area contributed by atoms with Crippen LogP contribution in [0.5, 0.6) is 0 Å². The zero-order valence-corrected chi connectivity index (χ0v) is 11.3. The maximum Gasteiger partial charge on any atom is 0.307 e. The molecule has 0 saturated heterocycles. The third kappa shape index (κ3) is 4.64. The molecule has 3 atom stereocenters. The van der Waals surface area contributed by atoms with Gasteiger partial charge in [0.15, 0.2) is 0 Å². The van der Waals surface area contributed by atoms with Crippen LogP contribution < -0.4 is 5.32 Å².